The zero-order valence-corrected chi connectivity index (χ0v) is 33.4. The molecular weight excluding hydrogens is 780 g/mol. The highest BCUT2D eigenvalue weighted by molar-refractivity contribution is 7.15. The maximum atomic E-state index is 15.6. The van der Waals surface area contributed by atoms with Crippen molar-refractivity contribution in [1.82, 2.24) is 20.1 Å². The molecule has 10 nitrogen and oxygen atoms in total. The van der Waals surface area contributed by atoms with Crippen LogP contribution in [0.5, 0.6) is 0 Å². The van der Waals surface area contributed by atoms with Crippen LogP contribution in [0.15, 0.2) is 78.6 Å². The van der Waals surface area contributed by atoms with Crippen LogP contribution in [0.2, 0.25) is 10.0 Å². The number of rotatable bonds is 18. The third-order valence-corrected chi connectivity index (χ3v) is 11.5. The van der Waals surface area contributed by atoms with Crippen LogP contribution in [0.1, 0.15) is 83.8 Å². The maximum Gasteiger partial charge on any atom is 0.737 e. The lowest BCUT2D eigenvalue weighted by Crippen LogP contribution is -2.50. The van der Waals surface area contributed by atoms with Gasteiger partial charge in [-0.3, -0.25) is 9.59 Å². The summed E-state index contributed by atoms with van der Waals surface area (Å²) in [7, 11) is 0. The Morgan fingerprint density at radius 1 is 0.929 bits per heavy atom. The number of fused-ring (bicyclic) bond motifs is 2. The van der Waals surface area contributed by atoms with Crippen molar-refractivity contribution < 1.29 is 32.6 Å². The standard InChI is InChI=1S/C40H43BCl2F2N6O4S/c1-25-22-26(2)50-34(25)23-32-16-15-31(51(32)41(50,44)45)17-18-36(52)46-20-5-3-4-6-37(53)49-33(39(54)55)19-21-47-40-48-24-35(56-40)38(27-7-11-29(42)12-8-27)28-9-13-30(43)14-10-28/h7-16,22-24,33,38H,3-6,17-21H2,1-2H3,(H,46,52)(H,47,48)(H,49,53)(H,54,55)/t33-/m0/s1. The van der Waals surface area contributed by atoms with Crippen LogP contribution in [0.25, 0.3) is 6.08 Å². The molecule has 4 heterocycles. The second-order valence-electron chi connectivity index (χ2n) is 14.0. The summed E-state index contributed by atoms with van der Waals surface area (Å²) in [5.74, 6) is -1.84. The number of unbranched alkanes of at least 4 members (excludes halogenated alkanes) is 2. The average molecular weight is 824 g/mol. The van der Waals surface area contributed by atoms with Gasteiger partial charge in [0.1, 0.15) is 11.8 Å². The van der Waals surface area contributed by atoms with Gasteiger partial charge in [-0.25, -0.2) is 9.78 Å². The van der Waals surface area contributed by atoms with Gasteiger partial charge in [0.05, 0.1) is 0 Å². The van der Waals surface area contributed by atoms with Gasteiger partial charge in [0.25, 0.3) is 0 Å². The molecule has 4 aromatic rings. The number of thiazole rings is 1. The van der Waals surface area contributed by atoms with Crippen LogP contribution in [-0.4, -0.2) is 68.7 Å². The monoisotopic (exact) mass is 822 g/mol. The van der Waals surface area contributed by atoms with E-state index in [1.165, 1.54) is 11.3 Å². The number of aliphatic carboxylic acids is 1. The quantitative estimate of drug-likeness (QED) is 0.0593. The number of aryl methyl sites for hydroxylation is 2. The molecule has 0 aliphatic carbocycles. The fraction of sp³-hybridized carbons (Fsp3) is 0.325. The number of halogens is 4. The van der Waals surface area contributed by atoms with E-state index in [0.717, 1.165) is 30.5 Å². The summed E-state index contributed by atoms with van der Waals surface area (Å²) in [6.45, 7) is 0.0762. The first-order valence-corrected chi connectivity index (χ1v) is 20.1. The highest BCUT2D eigenvalue weighted by atomic mass is 35.5. The number of carboxylic acids is 1. The molecule has 0 saturated carbocycles. The molecule has 0 spiro atoms. The summed E-state index contributed by atoms with van der Waals surface area (Å²) in [6.07, 6.45) is 9.17. The number of carbonyl (C=O) groups excluding carboxylic acids is 2. The summed E-state index contributed by atoms with van der Waals surface area (Å²) >= 11 is 13.7. The SMILES string of the molecule is Cc1cc(C)n2c1C=C1C=CC(CCC(=O)NCCCCCC(=O)N[C@@H](CCNc3ncc(C(c4ccc(Cl)cc4)c4ccc(Cl)cc4)s3)C(=O)O)=[N+]1[B-]2(F)F. The zero-order chi connectivity index (χ0) is 40.0. The Hall–Kier alpha value is -4.79. The first-order valence-electron chi connectivity index (χ1n) is 18.6. The van der Waals surface area contributed by atoms with Crippen molar-refractivity contribution in [3.63, 3.8) is 0 Å². The fourth-order valence-electron chi connectivity index (χ4n) is 7.22. The summed E-state index contributed by atoms with van der Waals surface area (Å²) in [5.41, 5.74) is 4.69. The molecule has 0 radical (unpaired) electrons. The minimum absolute atomic E-state index is 0.0665. The van der Waals surface area contributed by atoms with Crippen LogP contribution in [0, 0.1) is 13.8 Å². The molecule has 2 aromatic heterocycles. The molecular formula is C40H43BCl2F2N6O4S. The van der Waals surface area contributed by atoms with E-state index in [1.54, 1.807) is 37.4 Å². The Labute approximate surface area is 338 Å². The van der Waals surface area contributed by atoms with Crippen molar-refractivity contribution in [2.45, 2.75) is 70.8 Å². The van der Waals surface area contributed by atoms with Crippen LogP contribution in [0.4, 0.5) is 13.8 Å². The minimum Gasteiger partial charge on any atom is -0.480 e. The van der Waals surface area contributed by atoms with E-state index in [9.17, 15) is 19.5 Å². The van der Waals surface area contributed by atoms with Crippen LogP contribution < -0.4 is 16.0 Å². The van der Waals surface area contributed by atoms with E-state index < -0.39 is 19.0 Å². The summed E-state index contributed by atoms with van der Waals surface area (Å²) < 4.78 is 33.4. The first-order chi connectivity index (χ1) is 26.8. The van der Waals surface area contributed by atoms with Gasteiger partial charge in [0, 0.05) is 83.3 Å². The van der Waals surface area contributed by atoms with E-state index in [4.69, 9.17) is 23.2 Å². The number of anilines is 1. The Bertz CT molecular complexity index is 2140. The van der Waals surface area contributed by atoms with Gasteiger partial charge in [0.15, 0.2) is 10.8 Å². The Morgan fingerprint density at radius 3 is 2.27 bits per heavy atom. The van der Waals surface area contributed by atoms with Gasteiger partial charge in [0.2, 0.25) is 11.8 Å². The van der Waals surface area contributed by atoms with Crippen molar-refractivity contribution in [3.05, 3.63) is 122 Å². The largest absolute Gasteiger partial charge is 0.737 e. The number of carbonyl (C=O) groups is 3. The van der Waals surface area contributed by atoms with Crippen molar-refractivity contribution in [1.29, 1.82) is 0 Å². The number of carboxylic acid groups (broad SMARTS) is 1. The number of benzene rings is 2. The number of aromatic nitrogens is 2. The highest BCUT2D eigenvalue weighted by Gasteiger charge is 2.52. The summed E-state index contributed by atoms with van der Waals surface area (Å²) in [6, 6.07) is 15.9. The predicted molar refractivity (Wildman–Crippen MR) is 219 cm³/mol. The second-order valence-corrected chi connectivity index (χ2v) is 15.9. The molecule has 2 aliphatic rings. The molecule has 4 N–H and O–H groups in total. The number of hydrogen-bond acceptors (Lipinski definition) is 6. The first kappa shape index (κ1) is 40.9. The lowest BCUT2D eigenvalue weighted by atomic mass is 9.90. The van der Waals surface area contributed by atoms with Crippen LogP contribution >= 0.6 is 34.5 Å². The van der Waals surface area contributed by atoms with Crippen LogP contribution in [-0.2, 0) is 14.4 Å². The third kappa shape index (κ3) is 9.59. The smallest absolute Gasteiger partial charge is 0.480 e. The van der Waals surface area contributed by atoms with Gasteiger partial charge < -0.3 is 38.7 Å². The van der Waals surface area contributed by atoms with Gasteiger partial charge in [-0.2, -0.15) is 0 Å². The molecule has 1 atom stereocenters. The van der Waals surface area contributed by atoms with E-state index in [-0.39, 0.29) is 50.0 Å². The zero-order valence-electron chi connectivity index (χ0n) is 31.0. The van der Waals surface area contributed by atoms with Crippen molar-refractivity contribution in [2.24, 2.45) is 0 Å². The van der Waals surface area contributed by atoms with Crippen molar-refractivity contribution in [3.8, 4) is 0 Å². The molecule has 56 heavy (non-hydrogen) atoms. The van der Waals surface area contributed by atoms with E-state index >= 15 is 8.63 Å². The number of nitrogens with zero attached hydrogens (tertiary/aromatic N) is 3. The third-order valence-electron chi connectivity index (χ3n) is 9.98. The molecule has 294 valence electrons. The summed E-state index contributed by atoms with van der Waals surface area (Å²) in [4.78, 5) is 42.6. The Balaban J connectivity index is 0.896. The fourth-order valence-corrected chi connectivity index (χ4v) is 8.47. The van der Waals surface area contributed by atoms with Crippen molar-refractivity contribution in [2.75, 3.05) is 18.4 Å². The predicted octanol–water partition coefficient (Wildman–Crippen LogP) is 8.18. The molecule has 0 fully saturated rings. The van der Waals surface area contributed by atoms with E-state index in [0.29, 0.717) is 63.8 Å². The molecule has 2 aliphatic heterocycles. The normalized spacial score (nSPS) is 14.7. The molecule has 2 aromatic carbocycles. The number of nitrogens with one attached hydrogen (secondary N) is 3. The lowest BCUT2D eigenvalue weighted by molar-refractivity contribution is -0.362. The summed E-state index contributed by atoms with van der Waals surface area (Å²) in [5, 5.41) is 20.3. The molecule has 6 rings (SSSR count). The topological polar surface area (TPSA) is 128 Å². The van der Waals surface area contributed by atoms with Crippen LogP contribution in [0.3, 0.4) is 0 Å². The maximum absolute atomic E-state index is 15.6. The second kappa shape index (κ2) is 18.0. The van der Waals surface area contributed by atoms with E-state index in [2.05, 4.69) is 20.9 Å². The Morgan fingerprint density at radius 2 is 1.61 bits per heavy atom. The van der Waals surface area contributed by atoms with Crippen molar-refractivity contribution >= 4 is 76.2 Å². The van der Waals surface area contributed by atoms with Gasteiger partial charge in [-0.05, 0) is 85.8 Å². The number of hydrogen-bond donors (Lipinski definition) is 4. The average Bonchev–Trinajstić information content (AvgIpc) is 3.87. The van der Waals surface area contributed by atoms with Gasteiger partial charge in [-0.15, -0.1) is 11.3 Å². The number of allylic oxidation sites excluding steroid dienone is 2. The molecule has 16 heteroatoms. The minimum atomic E-state index is -4.07. The van der Waals surface area contributed by atoms with Gasteiger partial charge >= 0.3 is 12.9 Å². The molecule has 0 bridgehead atoms. The van der Waals surface area contributed by atoms with Gasteiger partial charge in [-0.1, -0.05) is 53.9 Å². The lowest BCUT2D eigenvalue weighted by Gasteiger charge is -2.30. The Kier molecular flexibility index (Phi) is 13.1. The van der Waals surface area contributed by atoms with E-state index in [1.807, 2.05) is 55.5 Å². The highest BCUT2D eigenvalue weighted by Crippen LogP contribution is 2.38. The molecule has 0 saturated heterocycles. The molecule has 2 amide bonds. The molecule has 0 unspecified atom stereocenters. The number of amides is 2.